The summed E-state index contributed by atoms with van der Waals surface area (Å²) in [6.45, 7) is 0.853. The summed E-state index contributed by atoms with van der Waals surface area (Å²) in [6, 6.07) is 3.46. The molecule has 0 aliphatic heterocycles. The normalized spacial score (nSPS) is 12.7. The van der Waals surface area contributed by atoms with Crippen LogP contribution in [-0.2, 0) is 6.54 Å². The molecule has 0 bridgehead atoms. The topological polar surface area (TPSA) is 83.5 Å². The van der Waals surface area contributed by atoms with E-state index in [0.717, 1.165) is 5.56 Å². The number of oxime groups is 1. The highest BCUT2D eigenvalue weighted by Crippen LogP contribution is 2.21. The van der Waals surface area contributed by atoms with Crippen molar-refractivity contribution in [3.05, 3.63) is 29.6 Å². The van der Waals surface area contributed by atoms with Crippen molar-refractivity contribution in [1.82, 2.24) is 10.3 Å². The molecule has 0 saturated heterocycles. The van der Waals surface area contributed by atoms with Crippen molar-refractivity contribution in [2.45, 2.75) is 32.0 Å². The zero-order valence-corrected chi connectivity index (χ0v) is 10.8. The SMILES string of the molecule is N/C(=N/O)c1ncccc1CNCCCCC(F)(F)F. The van der Waals surface area contributed by atoms with E-state index in [1.54, 1.807) is 12.1 Å². The second-order valence-corrected chi connectivity index (χ2v) is 4.25. The monoisotopic (exact) mass is 290 g/mol. The Bertz CT molecular complexity index is 449. The lowest BCUT2D eigenvalue weighted by Crippen LogP contribution is -2.22. The van der Waals surface area contributed by atoms with Crippen molar-refractivity contribution in [2.75, 3.05) is 6.54 Å². The molecule has 0 aromatic carbocycles. The molecule has 20 heavy (non-hydrogen) atoms. The summed E-state index contributed by atoms with van der Waals surface area (Å²) in [4.78, 5) is 3.99. The van der Waals surface area contributed by atoms with Crippen LogP contribution in [0.1, 0.15) is 30.5 Å². The van der Waals surface area contributed by atoms with Gasteiger partial charge in [-0.15, -0.1) is 0 Å². The fraction of sp³-hybridized carbons (Fsp3) is 0.500. The lowest BCUT2D eigenvalue weighted by Gasteiger charge is -2.09. The lowest BCUT2D eigenvalue weighted by atomic mass is 10.1. The first-order valence-electron chi connectivity index (χ1n) is 6.13. The van der Waals surface area contributed by atoms with Crippen molar-refractivity contribution >= 4 is 5.84 Å². The molecule has 0 aliphatic carbocycles. The Morgan fingerprint density at radius 1 is 1.40 bits per heavy atom. The number of nitrogens with two attached hydrogens (primary N) is 1. The standard InChI is InChI=1S/C12H17F3N4O/c13-12(14,15)5-1-2-6-17-8-9-4-3-7-18-10(9)11(16)19-20/h3-4,7,17,20H,1-2,5-6,8H2,(H2,16,19). The molecule has 4 N–H and O–H groups in total. The molecule has 0 saturated carbocycles. The van der Waals surface area contributed by atoms with Crippen molar-refractivity contribution in [3.8, 4) is 0 Å². The number of nitrogens with zero attached hydrogens (tertiary/aromatic N) is 2. The van der Waals surface area contributed by atoms with Crippen LogP contribution < -0.4 is 11.1 Å². The number of alkyl halides is 3. The van der Waals surface area contributed by atoms with Crippen LogP contribution in [0.25, 0.3) is 0 Å². The molecule has 1 aromatic rings. The van der Waals surface area contributed by atoms with Gasteiger partial charge in [0.2, 0.25) is 0 Å². The quantitative estimate of drug-likeness (QED) is 0.236. The Hall–Kier alpha value is -1.83. The largest absolute Gasteiger partial charge is 0.409 e. The minimum Gasteiger partial charge on any atom is -0.409 e. The molecular weight excluding hydrogens is 273 g/mol. The van der Waals surface area contributed by atoms with Gasteiger partial charge >= 0.3 is 6.18 Å². The Morgan fingerprint density at radius 2 is 2.15 bits per heavy atom. The number of aromatic nitrogens is 1. The summed E-state index contributed by atoms with van der Waals surface area (Å²) in [6.07, 6.45) is -2.82. The van der Waals surface area contributed by atoms with E-state index >= 15 is 0 Å². The Morgan fingerprint density at radius 3 is 2.80 bits per heavy atom. The van der Waals surface area contributed by atoms with Gasteiger partial charge in [0.25, 0.3) is 0 Å². The highest BCUT2D eigenvalue weighted by atomic mass is 19.4. The first-order valence-corrected chi connectivity index (χ1v) is 6.13. The minimum absolute atomic E-state index is 0.0939. The van der Waals surface area contributed by atoms with E-state index in [-0.39, 0.29) is 12.3 Å². The van der Waals surface area contributed by atoms with Crippen molar-refractivity contribution in [2.24, 2.45) is 10.9 Å². The fourth-order valence-electron chi connectivity index (χ4n) is 1.66. The Balaban J connectivity index is 2.36. The summed E-state index contributed by atoms with van der Waals surface area (Å²) < 4.78 is 35.8. The van der Waals surface area contributed by atoms with Gasteiger partial charge in [0.05, 0.1) is 0 Å². The third-order valence-corrected chi connectivity index (χ3v) is 2.62. The zero-order valence-electron chi connectivity index (χ0n) is 10.8. The minimum atomic E-state index is -4.09. The average Bonchev–Trinajstić information content (AvgIpc) is 2.41. The van der Waals surface area contributed by atoms with Gasteiger partial charge in [-0.3, -0.25) is 4.98 Å². The molecule has 0 aliphatic rings. The first-order chi connectivity index (χ1) is 9.44. The van der Waals surface area contributed by atoms with Crippen LogP contribution in [0.4, 0.5) is 13.2 Å². The number of halogens is 3. The van der Waals surface area contributed by atoms with E-state index < -0.39 is 12.6 Å². The third-order valence-electron chi connectivity index (χ3n) is 2.62. The molecule has 1 rings (SSSR count). The highest BCUT2D eigenvalue weighted by molar-refractivity contribution is 5.96. The number of rotatable bonds is 7. The molecule has 0 unspecified atom stereocenters. The number of nitrogens with one attached hydrogen (secondary N) is 1. The van der Waals surface area contributed by atoms with Crippen LogP contribution in [0.2, 0.25) is 0 Å². The molecular formula is C12H17F3N4O. The zero-order chi connectivity index (χ0) is 15.0. The van der Waals surface area contributed by atoms with Crippen molar-refractivity contribution in [3.63, 3.8) is 0 Å². The summed E-state index contributed by atoms with van der Waals surface area (Å²) in [7, 11) is 0. The Labute approximate surface area is 114 Å². The van der Waals surface area contributed by atoms with Gasteiger partial charge in [-0.2, -0.15) is 13.2 Å². The molecule has 0 amide bonds. The number of hydrogen-bond acceptors (Lipinski definition) is 4. The van der Waals surface area contributed by atoms with Gasteiger partial charge in [0.15, 0.2) is 5.84 Å². The Kier molecular flexibility index (Phi) is 6.23. The molecule has 5 nitrogen and oxygen atoms in total. The molecule has 112 valence electrons. The van der Waals surface area contributed by atoms with E-state index in [4.69, 9.17) is 10.9 Å². The molecule has 0 fully saturated rings. The van der Waals surface area contributed by atoms with E-state index in [1.807, 2.05) is 0 Å². The lowest BCUT2D eigenvalue weighted by molar-refractivity contribution is -0.135. The number of amidine groups is 1. The maximum Gasteiger partial charge on any atom is 0.389 e. The maximum atomic E-state index is 11.9. The van der Waals surface area contributed by atoms with Crippen LogP contribution in [-0.4, -0.2) is 28.7 Å². The highest BCUT2D eigenvalue weighted by Gasteiger charge is 2.25. The predicted octanol–water partition coefficient (Wildman–Crippen LogP) is 2.00. The molecule has 1 heterocycles. The van der Waals surface area contributed by atoms with E-state index in [2.05, 4.69) is 15.5 Å². The van der Waals surface area contributed by atoms with E-state index in [1.165, 1.54) is 6.20 Å². The molecule has 1 aromatic heterocycles. The molecule has 0 atom stereocenters. The van der Waals surface area contributed by atoms with Crippen LogP contribution in [0.5, 0.6) is 0 Å². The fourth-order valence-corrected chi connectivity index (χ4v) is 1.66. The number of pyridine rings is 1. The van der Waals surface area contributed by atoms with Crippen LogP contribution in [0, 0.1) is 0 Å². The predicted molar refractivity (Wildman–Crippen MR) is 68.4 cm³/mol. The van der Waals surface area contributed by atoms with E-state index in [9.17, 15) is 13.2 Å². The molecule has 0 spiro atoms. The number of hydrogen-bond donors (Lipinski definition) is 3. The smallest absolute Gasteiger partial charge is 0.389 e. The number of unbranched alkanes of at least 4 members (excludes halogenated alkanes) is 1. The van der Waals surface area contributed by atoms with Crippen LogP contribution in [0.15, 0.2) is 23.5 Å². The summed E-state index contributed by atoms with van der Waals surface area (Å²) in [5.41, 5.74) is 6.56. The van der Waals surface area contributed by atoms with Gasteiger partial charge in [-0.05, 0) is 31.0 Å². The molecule has 8 heteroatoms. The van der Waals surface area contributed by atoms with Crippen LogP contribution in [0.3, 0.4) is 0 Å². The van der Waals surface area contributed by atoms with Gasteiger partial charge in [0, 0.05) is 19.2 Å². The van der Waals surface area contributed by atoms with Crippen molar-refractivity contribution < 1.29 is 18.4 Å². The van der Waals surface area contributed by atoms with Crippen molar-refractivity contribution in [1.29, 1.82) is 0 Å². The average molecular weight is 290 g/mol. The van der Waals surface area contributed by atoms with Gasteiger partial charge < -0.3 is 16.3 Å². The van der Waals surface area contributed by atoms with Crippen LogP contribution >= 0.6 is 0 Å². The molecule has 0 radical (unpaired) electrons. The van der Waals surface area contributed by atoms with Gasteiger partial charge in [-0.25, -0.2) is 0 Å². The third kappa shape index (κ3) is 5.87. The summed E-state index contributed by atoms with van der Waals surface area (Å²) >= 11 is 0. The summed E-state index contributed by atoms with van der Waals surface area (Å²) in [5, 5.41) is 14.5. The summed E-state index contributed by atoms with van der Waals surface area (Å²) in [5.74, 6) is -0.0977. The maximum absolute atomic E-state index is 11.9. The van der Waals surface area contributed by atoms with Gasteiger partial charge in [0.1, 0.15) is 5.69 Å². The first kappa shape index (κ1) is 16.2. The van der Waals surface area contributed by atoms with E-state index in [0.29, 0.717) is 25.2 Å². The second kappa shape index (κ2) is 7.68. The van der Waals surface area contributed by atoms with Gasteiger partial charge in [-0.1, -0.05) is 11.2 Å². The second-order valence-electron chi connectivity index (χ2n) is 4.25.